The predicted octanol–water partition coefficient (Wildman–Crippen LogP) is 3.74. The molecule has 0 spiro atoms. The Balaban J connectivity index is 1.95. The first-order chi connectivity index (χ1) is 13.8. The number of carbonyl (C=O) groups is 2. The number of aromatic nitrogens is 3. The maximum Gasteiger partial charge on any atom is 0.312 e. The first-order valence-electron chi connectivity index (χ1n) is 9.79. The summed E-state index contributed by atoms with van der Waals surface area (Å²) in [6, 6.07) is 10.0. The normalized spacial score (nSPS) is 14.9. The van der Waals surface area contributed by atoms with Crippen LogP contribution in [0.2, 0.25) is 0 Å². The van der Waals surface area contributed by atoms with E-state index < -0.39 is 5.41 Å². The number of ether oxygens (including phenoxy) is 1. The second-order valence-electron chi connectivity index (χ2n) is 8.35. The van der Waals surface area contributed by atoms with Crippen LogP contribution in [0.3, 0.4) is 0 Å². The molecule has 1 aromatic heterocycles. The van der Waals surface area contributed by atoms with Crippen molar-refractivity contribution >= 4 is 22.8 Å². The average Bonchev–Trinajstić information content (AvgIpc) is 3.26. The van der Waals surface area contributed by atoms with Gasteiger partial charge in [-0.15, -0.1) is 5.10 Å². The van der Waals surface area contributed by atoms with E-state index in [1.54, 1.807) is 4.68 Å². The van der Waals surface area contributed by atoms with Crippen LogP contribution in [0.15, 0.2) is 30.3 Å². The zero-order valence-corrected chi connectivity index (χ0v) is 17.4. The summed E-state index contributed by atoms with van der Waals surface area (Å²) in [5, 5.41) is 8.44. The quantitative estimate of drug-likeness (QED) is 0.634. The van der Waals surface area contributed by atoms with E-state index in [4.69, 9.17) is 4.74 Å². The smallest absolute Gasteiger partial charge is 0.312 e. The Labute approximate surface area is 169 Å². The zero-order chi connectivity index (χ0) is 20.9. The number of esters is 1. The Kier molecular flexibility index (Phi) is 4.52. The van der Waals surface area contributed by atoms with E-state index in [1.807, 2.05) is 58.2 Å². The molecule has 3 aromatic rings. The van der Waals surface area contributed by atoms with Crippen LogP contribution < -0.4 is 0 Å². The fourth-order valence-corrected chi connectivity index (χ4v) is 4.56. The van der Waals surface area contributed by atoms with Crippen LogP contribution in [-0.4, -0.2) is 33.9 Å². The number of nitrogens with zero attached hydrogens (tertiary/aromatic N) is 3. The third-order valence-electron chi connectivity index (χ3n) is 6.21. The summed E-state index contributed by atoms with van der Waals surface area (Å²) in [7, 11) is 3.27. The van der Waals surface area contributed by atoms with Crippen molar-refractivity contribution < 1.29 is 14.3 Å². The molecule has 0 amide bonds. The Bertz CT molecular complexity index is 1140. The highest BCUT2D eigenvalue weighted by molar-refractivity contribution is 6.00. The summed E-state index contributed by atoms with van der Waals surface area (Å²) < 4.78 is 6.88. The number of ketones is 1. The summed E-state index contributed by atoms with van der Waals surface area (Å²) in [6.07, 6.45) is 1.33. The molecule has 0 aliphatic heterocycles. The number of methoxy groups -OCH3 is 1. The van der Waals surface area contributed by atoms with Gasteiger partial charge in [-0.2, -0.15) is 0 Å². The van der Waals surface area contributed by atoms with E-state index in [2.05, 4.69) is 10.3 Å². The molecule has 0 bridgehead atoms. The largest absolute Gasteiger partial charge is 0.469 e. The third kappa shape index (κ3) is 2.94. The lowest BCUT2D eigenvalue weighted by atomic mass is 9.69. The minimum Gasteiger partial charge on any atom is -0.469 e. The van der Waals surface area contributed by atoms with Gasteiger partial charge in [-0.1, -0.05) is 23.4 Å². The highest BCUT2D eigenvalue weighted by atomic mass is 16.5. The summed E-state index contributed by atoms with van der Waals surface area (Å²) in [4.78, 5) is 25.1. The van der Waals surface area contributed by atoms with Gasteiger partial charge in [0.2, 0.25) is 0 Å². The number of Topliss-reactive ketones (excluding diaryl/α,β-unsaturated/α-hetero) is 1. The van der Waals surface area contributed by atoms with Crippen LogP contribution in [0.4, 0.5) is 0 Å². The number of benzene rings is 2. The maximum absolute atomic E-state index is 12.8. The van der Waals surface area contributed by atoms with E-state index >= 15 is 0 Å². The van der Waals surface area contributed by atoms with Gasteiger partial charge in [0.15, 0.2) is 5.78 Å². The summed E-state index contributed by atoms with van der Waals surface area (Å²) in [5.41, 5.74) is 5.65. The summed E-state index contributed by atoms with van der Waals surface area (Å²) in [5.74, 6) is -0.425. The topological polar surface area (TPSA) is 74.1 Å². The molecule has 0 fully saturated rings. The molecule has 150 valence electrons. The minimum absolute atomic E-state index is 0.164. The van der Waals surface area contributed by atoms with Gasteiger partial charge < -0.3 is 4.74 Å². The molecule has 1 unspecified atom stereocenters. The van der Waals surface area contributed by atoms with Crippen LogP contribution in [0, 0.1) is 12.3 Å². The van der Waals surface area contributed by atoms with E-state index in [1.165, 1.54) is 7.11 Å². The zero-order valence-electron chi connectivity index (χ0n) is 17.4. The first-order valence-corrected chi connectivity index (χ1v) is 9.79. The molecule has 6 nitrogen and oxygen atoms in total. The fraction of sp³-hybridized carbons (Fsp3) is 0.391. The predicted molar refractivity (Wildman–Crippen MR) is 110 cm³/mol. The Morgan fingerprint density at radius 2 is 1.97 bits per heavy atom. The van der Waals surface area contributed by atoms with Gasteiger partial charge in [0.05, 0.1) is 18.0 Å². The van der Waals surface area contributed by atoms with Crippen molar-refractivity contribution in [1.29, 1.82) is 0 Å². The second kappa shape index (κ2) is 6.79. The van der Waals surface area contributed by atoms with Crippen molar-refractivity contribution in [3.05, 3.63) is 58.1 Å². The monoisotopic (exact) mass is 391 g/mol. The van der Waals surface area contributed by atoms with Gasteiger partial charge in [-0.25, -0.2) is 4.68 Å². The van der Waals surface area contributed by atoms with Crippen molar-refractivity contribution in [3.63, 3.8) is 0 Å². The number of carbonyl (C=O) groups excluding carboxylic acids is 2. The van der Waals surface area contributed by atoms with Crippen molar-refractivity contribution in [3.8, 4) is 0 Å². The second-order valence-corrected chi connectivity index (χ2v) is 8.35. The third-order valence-corrected chi connectivity index (χ3v) is 6.21. The molecule has 1 aliphatic rings. The Hall–Kier alpha value is -3.02. The number of aryl methyl sites for hydroxylation is 3. The summed E-state index contributed by atoms with van der Waals surface area (Å²) in [6.45, 7) is 5.78. The van der Waals surface area contributed by atoms with E-state index in [0.29, 0.717) is 6.42 Å². The highest BCUT2D eigenvalue weighted by Gasteiger charge is 2.41. The lowest BCUT2D eigenvalue weighted by Crippen LogP contribution is -2.34. The van der Waals surface area contributed by atoms with Crippen molar-refractivity contribution in [2.75, 3.05) is 7.11 Å². The molecule has 29 heavy (non-hydrogen) atoms. The summed E-state index contributed by atoms with van der Waals surface area (Å²) >= 11 is 0. The minimum atomic E-state index is -0.842. The van der Waals surface area contributed by atoms with Crippen LogP contribution >= 0.6 is 0 Å². The number of hydrogen-bond acceptors (Lipinski definition) is 5. The molecule has 1 aliphatic carbocycles. The van der Waals surface area contributed by atoms with Crippen LogP contribution in [0.1, 0.15) is 58.8 Å². The van der Waals surface area contributed by atoms with Crippen LogP contribution in [0.25, 0.3) is 11.0 Å². The van der Waals surface area contributed by atoms with E-state index in [0.717, 1.165) is 45.3 Å². The van der Waals surface area contributed by atoms with E-state index in [-0.39, 0.29) is 17.7 Å². The Morgan fingerprint density at radius 1 is 1.21 bits per heavy atom. The number of rotatable bonds is 4. The molecular formula is C23H25N3O3. The SMILES string of the molecule is COC(=O)C(C)(C)C(c1ccc2c(c1)C(=O)CC2)c1ccc2c(nnn2C)c1C. The molecule has 2 aromatic carbocycles. The molecule has 1 heterocycles. The van der Waals surface area contributed by atoms with Crippen LogP contribution in [0.5, 0.6) is 0 Å². The number of fused-ring (bicyclic) bond motifs is 2. The fourth-order valence-electron chi connectivity index (χ4n) is 4.56. The van der Waals surface area contributed by atoms with Crippen molar-refractivity contribution in [2.24, 2.45) is 12.5 Å². The van der Waals surface area contributed by atoms with Gasteiger partial charge >= 0.3 is 5.97 Å². The molecule has 1 atom stereocenters. The van der Waals surface area contributed by atoms with E-state index in [9.17, 15) is 9.59 Å². The number of hydrogen-bond donors (Lipinski definition) is 0. The van der Waals surface area contributed by atoms with Gasteiger partial charge in [0.25, 0.3) is 0 Å². The Morgan fingerprint density at radius 3 is 2.69 bits per heavy atom. The van der Waals surface area contributed by atoms with Gasteiger partial charge in [0.1, 0.15) is 5.52 Å². The molecule has 6 heteroatoms. The highest BCUT2D eigenvalue weighted by Crippen LogP contribution is 2.45. The standard InChI is InChI=1S/C23H25N3O3/c1-13-16(9-10-18-21(13)24-25-26(18)4)20(23(2,3)22(28)29-5)15-7-6-14-8-11-19(27)17(14)12-15/h6-7,9-10,12,20H,8,11H2,1-5H3. The van der Waals surface area contributed by atoms with Crippen LogP contribution in [-0.2, 0) is 23.0 Å². The molecule has 4 rings (SSSR count). The lowest BCUT2D eigenvalue weighted by molar-refractivity contribution is -0.151. The molecular weight excluding hydrogens is 366 g/mol. The van der Waals surface area contributed by atoms with Crippen molar-refractivity contribution in [1.82, 2.24) is 15.0 Å². The van der Waals surface area contributed by atoms with Gasteiger partial charge in [-0.05, 0) is 61.6 Å². The molecule has 0 N–H and O–H groups in total. The molecule has 0 saturated heterocycles. The van der Waals surface area contributed by atoms with Gasteiger partial charge in [0, 0.05) is 24.9 Å². The van der Waals surface area contributed by atoms with Gasteiger partial charge in [-0.3, -0.25) is 9.59 Å². The first kappa shape index (κ1) is 19.3. The van der Waals surface area contributed by atoms with Crippen molar-refractivity contribution in [2.45, 2.75) is 39.5 Å². The molecule has 0 saturated carbocycles. The lowest BCUT2D eigenvalue weighted by Gasteiger charge is -2.34. The maximum atomic E-state index is 12.8. The molecule has 0 radical (unpaired) electrons. The average molecular weight is 391 g/mol.